The van der Waals surface area contributed by atoms with Crippen LogP contribution in [0.3, 0.4) is 0 Å². The second-order valence-electron chi connectivity index (χ2n) is 3.64. The molecule has 0 fully saturated rings. The first-order valence-electron chi connectivity index (χ1n) is 6.21. The molecular formula is C12H20N4O2. The summed E-state index contributed by atoms with van der Waals surface area (Å²) in [5, 5.41) is 13.6. The zero-order chi connectivity index (χ0) is 13.2. The van der Waals surface area contributed by atoms with E-state index >= 15 is 0 Å². The summed E-state index contributed by atoms with van der Waals surface area (Å²) in [6.07, 6.45) is 0.910. The van der Waals surface area contributed by atoms with Crippen LogP contribution in [0.1, 0.15) is 30.8 Å². The third kappa shape index (κ3) is 5.09. The summed E-state index contributed by atoms with van der Waals surface area (Å²) in [7, 11) is 0. The fourth-order valence-electron chi connectivity index (χ4n) is 1.33. The monoisotopic (exact) mass is 252 g/mol. The van der Waals surface area contributed by atoms with E-state index < -0.39 is 0 Å². The Labute approximate surface area is 107 Å². The maximum Gasteiger partial charge on any atom is 0.271 e. The highest BCUT2D eigenvalue weighted by atomic mass is 16.5. The number of ether oxygens (including phenoxy) is 1. The van der Waals surface area contributed by atoms with Crippen LogP contribution in [-0.4, -0.2) is 42.4 Å². The van der Waals surface area contributed by atoms with Crippen LogP contribution < -0.4 is 10.6 Å². The maximum atomic E-state index is 11.4. The van der Waals surface area contributed by atoms with Crippen LogP contribution in [0.25, 0.3) is 0 Å². The molecule has 0 aromatic carbocycles. The first-order chi connectivity index (χ1) is 8.77. The van der Waals surface area contributed by atoms with Gasteiger partial charge in [-0.3, -0.25) is 4.79 Å². The van der Waals surface area contributed by atoms with E-state index in [9.17, 15) is 4.79 Å². The Kier molecular flexibility index (Phi) is 6.71. The Bertz CT molecular complexity index is 354. The van der Waals surface area contributed by atoms with Gasteiger partial charge in [-0.05, 0) is 32.4 Å². The second-order valence-corrected chi connectivity index (χ2v) is 3.64. The number of carbonyl (C=O) groups is 1. The Morgan fingerprint density at radius 2 is 2.17 bits per heavy atom. The summed E-state index contributed by atoms with van der Waals surface area (Å²) >= 11 is 0. The van der Waals surface area contributed by atoms with Gasteiger partial charge >= 0.3 is 0 Å². The lowest BCUT2D eigenvalue weighted by Crippen LogP contribution is -2.24. The van der Waals surface area contributed by atoms with Gasteiger partial charge in [-0.1, -0.05) is 0 Å². The van der Waals surface area contributed by atoms with E-state index in [0.29, 0.717) is 18.1 Å². The fraction of sp³-hybridized carbons (Fsp3) is 0.583. The number of carbonyl (C=O) groups excluding carboxylic acids is 1. The summed E-state index contributed by atoms with van der Waals surface area (Å²) in [6, 6.07) is 3.40. The highest BCUT2D eigenvalue weighted by Crippen LogP contribution is 2.02. The number of hydrogen-bond donors (Lipinski definition) is 2. The molecule has 6 nitrogen and oxygen atoms in total. The van der Waals surface area contributed by atoms with Crippen molar-refractivity contribution >= 4 is 11.7 Å². The second kappa shape index (κ2) is 8.41. The average Bonchev–Trinajstić information content (AvgIpc) is 2.39. The quantitative estimate of drug-likeness (QED) is 0.677. The van der Waals surface area contributed by atoms with Crippen molar-refractivity contribution in [2.24, 2.45) is 0 Å². The highest BCUT2D eigenvalue weighted by Gasteiger charge is 2.05. The first-order valence-corrected chi connectivity index (χ1v) is 6.21. The standard InChI is InChI=1S/C12H20N4O2/c1-3-13-12(17)10-6-7-11(16-15-10)14-8-5-9-18-4-2/h6-7H,3-5,8-9H2,1-2H3,(H,13,17)(H,14,16). The van der Waals surface area contributed by atoms with Gasteiger partial charge < -0.3 is 15.4 Å². The third-order valence-corrected chi connectivity index (χ3v) is 2.21. The number of amides is 1. The van der Waals surface area contributed by atoms with E-state index in [1.807, 2.05) is 13.8 Å². The summed E-state index contributed by atoms with van der Waals surface area (Å²) in [4.78, 5) is 11.4. The number of nitrogens with one attached hydrogen (secondary N) is 2. The molecule has 1 heterocycles. The lowest BCUT2D eigenvalue weighted by Gasteiger charge is -2.05. The molecule has 0 saturated carbocycles. The average molecular weight is 252 g/mol. The Morgan fingerprint density at radius 1 is 1.33 bits per heavy atom. The van der Waals surface area contributed by atoms with E-state index in [1.54, 1.807) is 12.1 Å². The summed E-state index contributed by atoms with van der Waals surface area (Å²) in [5.41, 5.74) is 0.330. The Balaban J connectivity index is 2.33. The molecule has 0 spiro atoms. The normalized spacial score (nSPS) is 10.1. The Hall–Kier alpha value is -1.69. The minimum atomic E-state index is -0.201. The Morgan fingerprint density at radius 3 is 2.78 bits per heavy atom. The fourth-order valence-corrected chi connectivity index (χ4v) is 1.33. The van der Waals surface area contributed by atoms with Crippen LogP contribution in [0.15, 0.2) is 12.1 Å². The predicted molar refractivity (Wildman–Crippen MR) is 69.6 cm³/mol. The molecule has 18 heavy (non-hydrogen) atoms. The van der Waals surface area contributed by atoms with E-state index in [1.165, 1.54) is 0 Å². The smallest absolute Gasteiger partial charge is 0.271 e. The molecule has 0 aliphatic heterocycles. The third-order valence-electron chi connectivity index (χ3n) is 2.21. The molecule has 0 aliphatic rings. The SMILES string of the molecule is CCNC(=O)c1ccc(NCCCOCC)nn1. The van der Waals surface area contributed by atoms with E-state index in [0.717, 1.165) is 26.2 Å². The maximum absolute atomic E-state index is 11.4. The van der Waals surface area contributed by atoms with Crippen molar-refractivity contribution in [3.05, 3.63) is 17.8 Å². The van der Waals surface area contributed by atoms with Gasteiger partial charge in [0, 0.05) is 26.3 Å². The largest absolute Gasteiger partial charge is 0.382 e. The molecule has 0 bridgehead atoms. The van der Waals surface area contributed by atoms with Crippen molar-refractivity contribution in [3.63, 3.8) is 0 Å². The highest BCUT2D eigenvalue weighted by molar-refractivity contribution is 5.92. The number of aromatic nitrogens is 2. The van der Waals surface area contributed by atoms with Crippen molar-refractivity contribution in [3.8, 4) is 0 Å². The van der Waals surface area contributed by atoms with Crippen molar-refractivity contribution < 1.29 is 9.53 Å². The number of anilines is 1. The molecule has 100 valence electrons. The molecule has 0 unspecified atom stereocenters. The molecule has 0 aliphatic carbocycles. The lowest BCUT2D eigenvalue weighted by molar-refractivity contribution is 0.0950. The van der Waals surface area contributed by atoms with Crippen molar-refractivity contribution in [1.29, 1.82) is 0 Å². The number of rotatable bonds is 8. The summed E-state index contributed by atoms with van der Waals surface area (Å²) in [5.74, 6) is 0.465. The van der Waals surface area contributed by atoms with Crippen LogP contribution >= 0.6 is 0 Å². The van der Waals surface area contributed by atoms with Crippen molar-refractivity contribution in [1.82, 2.24) is 15.5 Å². The molecule has 1 amide bonds. The molecule has 0 radical (unpaired) electrons. The van der Waals surface area contributed by atoms with Gasteiger partial charge in [0.1, 0.15) is 5.82 Å². The topological polar surface area (TPSA) is 76.1 Å². The molecule has 6 heteroatoms. The van der Waals surface area contributed by atoms with Crippen LogP contribution in [0.5, 0.6) is 0 Å². The van der Waals surface area contributed by atoms with E-state index in [4.69, 9.17) is 4.74 Å². The molecular weight excluding hydrogens is 232 g/mol. The molecule has 2 N–H and O–H groups in total. The van der Waals surface area contributed by atoms with Gasteiger partial charge in [-0.15, -0.1) is 10.2 Å². The van der Waals surface area contributed by atoms with Gasteiger partial charge in [0.2, 0.25) is 0 Å². The van der Waals surface area contributed by atoms with Gasteiger partial charge in [0.05, 0.1) is 0 Å². The summed E-state index contributed by atoms with van der Waals surface area (Å²) < 4.78 is 5.22. The number of nitrogens with zero attached hydrogens (tertiary/aromatic N) is 2. The number of hydrogen-bond acceptors (Lipinski definition) is 5. The van der Waals surface area contributed by atoms with Crippen molar-refractivity contribution in [2.75, 3.05) is 31.6 Å². The van der Waals surface area contributed by atoms with Crippen molar-refractivity contribution in [2.45, 2.75) is 20.3 Å². The summed E-state index contributed by atoms with van der Waals surface area (Å²) in [6.45, 7) is 6.65. The van der Waals surface area contributed by atoms with Crippen LogP contribution in [0.2, 0.25) is 0 Å². The molecule has 1 rings (SSSR count). The predicted octanol–water partition coefficient (Wildman–Crippen LogP) is 1.06. The minimum absolute atomic E-state index is 0.201. The van der Waals surface area contributed by atoms with Crippen LogP contribution in [0, 0.1) is 0 Å². The zero-order valence-corrected chi connectivity index (χ0v) is 10.9. The zero-order valence-electron chi connectivity index (χ0n) is 10.9. The van der Waals surface area contributed by atoms with Gasteiger partial charge in [0.15, 0.2) is 5.69 Å². The van der Waals surface area contributed by atoms with Gasteiger partial charge in [-0.25, -0.2) is 0 Å². The lowest BCUT2D eigenvalue weighted by atomic mass is 10.3. The minimum Gasteiger partial charge on any atom is -0.382 e. The molecule has 0 atom stereocenters. The molecule has 1 aromatic rings. The molecule has 0 saturated heterocycles. The van der Waals surface area contributed by atoms with Gasteiger partial charge in [-0.2, -0.15) is 0 Å². The van der Waals surface area contributed by atoms with E-state index in [-0.39, 0.29) is 5.91 Å². The van der Waals surface area contributed by atoms with Crippen LogP contribution in [0.4, 0.5) is 5.82 Å². The van der Waals surface area contributed by atoms with Crippen LogP contribution in [-0.2, 0) is 4.74 Å². The van der Waals surface area contributed by atoms with Gasteiger partial charge in [0.25, 0.3) is 5.91 Å². The first kappa shape index (κ1) is 14.4. The van der Waals surface area contributed by atoms with E-state index in [2.05, 4.69) is 20.8 Å². The molecule has 1 aromatic heterocycles.